The van der Waals surface area contributed by atoms with Crippen LogP contribution in [-0.2, 0) is 34.4 Å². The highest BCUT2D eigenvalue weighted by Gasteiger charge is 2.25. The van der Waals surface area contributed by atoms with E-state index >= 15 is 0 Å². The summed E-state index contributed by atoms with van der Waals surface area (Å²) in [6, 6.07) is 29.5. The number of hydrogen-bond acceptors (Lipinski definition) is 8. The van der Waals surface area contributed by atoms with E-state index in [0.29, 0.717) is 51.8 Å². The molecule has 0 saturated carbocycles. The number of ether oxygens (including phenoxy) is 1. The second kappa shape index (κ2) is 14.0. The number of anilines is 1. The first kappa shape index (κ1) is 32.3. The van der Waals surface area contributed by atoms with E-state index in [1.165, 1.54) is 12.3 Å². The Bertz CT molecular complexity index is 2140. The van der Waals surface area contributed by atoms with Gasteiger partial charge in [0.2, 0.25) is 17.7 Å². The van der Waals surface area contributed by atoms with Crippen LogP contribution in [0.1, 0.15) is 27.9 Å². The van der Waals surface area contributed by atoms with E-state index in [0.717, 1.165) is 11.1 Å². The molecule has 6 rings (SSSR count). The van der Waals surface area contributed by atoms with Crippen LogP contribution in [0.5, 0.6) is 5.75 Å². The van der Waals surface area contributed by atoms with Crippen molar-refractivity contribution in [3.63, 3.8) is 0 Å². The lowest BCUT2D eigenvalue weighted by molar-refractivity contribution is -0.129. The summed E-state index contributed by atoms with van der Waals surface area (Å²) in [7, 11) is -2.38. The standard InChI is InChI=1S/C37H34N4O6S/c1-25-26(2)39-47-36(25)40-48(43,44)34-16-10-8-14-32(34)31-18-17-29(37-38-19-20-45-37)21-30(31)23-41(3)35(42)22-28-13-7-9-15-33(28)46-24-27-11-5-4-6-12-27/h4-21,40H,22-24H2,1-3H3. The molecule has 48 heavy (non-hydrogen) atoms. The molecule has 4 aromatic carbocycles. The van der Waals surface area contributed by atoms with Crippen molar-refractivity contribution in [2.45, 2.75) is 38.3 Å². The second-order valence-corrected chi connectivity index (χ2v) is 13.0. The largest absolute Gasteiger partial charge is 0.489 e. The van der Waals surface area contributed by atoms with Crippen molar-refractivity contribution >= 4 is 21.8 Å². The molecule has 0 aliphatic heterocycles. The van der Waals surface area contributed by atoms with Gasteiger partial charge in [0.15, 0.2) is 0 Å². The number of oxazole rings is 1. The number of benzene rings is 4. The number of carbonyl (C=O) groups excluding carboxylic acids is 1. The minimum absolute atomic E-state index is 0.0436. The van der Waals surface area contributed by atoms with Gasteiger partial charge in [-0.3, -0.25) is 4.79 Å². The maximum absolute atomic E-state index is 13.7. The average Bonchev–Trinajstić information content (AvgIpc) is 3.75. The van der Waals surface area contributed by atoms with Crippen LogP contribution in [0, 0.1) is 13.8 Å². The van der Waals surface area contributed by atoms with Gasteiger partial charge in [-0.15, -0.1) is 0 Å². The zero-order chi connectivity index (χ0) is 33.7. The Balaban J connectivity index is 1.30. The lowest BCUT2D eigenvalue weighted by Crippen LogP contribution is -2.28. The fourth-order valence-corrected chi connectivity index (χ4v) is 6.53. The van der Waals surface area contributed by atoms with Crippen LogP contribution in [0.15, 0.2) is 123 Å². The Labute approximate surface area is 279 Å². The van der Waals surface area contributed by atoms with Crippen LogP contribution in [0.3, 0.4) is 0 Å². The monoisotopic (exact) mass is 662 g/mol. The van der Waals surface area contributed by atoms with Gasteiger partial charge in [0.1, 0.15) is 18.6 Å². The predicted molar refractivity (Wildman–Crippen MR) is 182 cm³/mol. The molecule has 0 atom stereocenters. The summed E-state index contributed by atoms with van der Waals surface area (Å²) < 4.78 is 46.9. The molecule has 6 aromatic rings. The molecular weight excluding hydrogens is 628 g/mol. The van der Waals surface area contributed by atoms with E-state index in [-0.39, 0.29) is 29.7 Å². The second-order valence-electron chi connectivity index (χ2n) is 11.3. The van der Waals surface area contributed by atoms with Crippen molar-refractivity contribution in [3.05, 3.63) is 137 Å². The molecule has 0 bridgehead atoms. The minimum Gasteiger partial charge on any atom is -0.489 e. The van der Waals surface area contributed by atoms with Gasteiger partial charge in [-0.05, 0) is 54.8 Å². The Hall–Kier alpha value is -5.68. The molecule has 1 amide bonds. The van der Waals surface area contributed by atoms with Gasteiger partial charge in [0.25, 0.3) is 10.0 Å². The summed E-state index contributed by atoms with van der Waals surface area (Å²) >= 11 is 0. The first-order valence-corrected chi connectivity index (χ1v) is 16.7. The number of amides is 1. The van der Waals surface area contributed by atoms with Gasteiger partial charge < -0.3 is 18.6 Å². The fraction of sp³-hybridized carbons (Fsp3) is 0.162. The van der Waals surface area contributed by atoms with Gasteiger partial charge in [-0.2, -0.15) is 0 Å². The fourth-order valence-electron chi connectivity index (χ4n) is 5.26. The molecular formula is C37H34N4O6S. The number of nitrogens with zero attached hydrogens (tertiary/aromatic N) is 3. The van der Waals surface area contributed by atoms with E-state index in [4.69, 9.17) is 13.7 Å². The molecule has 0 aliphatic carbocycles. The summed E-state index contributed by atoms with van der Waals surface area (Å²) in [5, 5.41) is 3.87. The Morgan fingerprint density at radius 2 is 1.65 bits per heavy atom. The molecule has 0 spiro atoms. The van der Waals surface area contributed by atoms with Crippen LogP contribution >= 0.6 is 0 Å². The maximum atomic E-state index is 13.7. The highest BCUT2D eigenvalue weighted by Crippen LogP contribution is 2.35. The number of carbonyl (C=O) groups is 1. The average molecular weight is 663 g/mol. The van der Waals surface area contributed by atoms with Crippen molar-refractivity contribution in [2.24, 2.45) is 0 Å². The van der Waals surface area contributed by atoms with Crippen LogP contribution in [-0.4, -0.2) is 36.4 Å². The number of rotatable bonds is 12. The van der Waals surface area contributed by atoms with Crippen molar-refractivity contribution in [2.75, 3.05) is 11.8 Å². The summed E-state index contributed by atoms with van der Waals surface area (Å²) in [4.78, 5) is 19.6. The van der Waals surface area contributed by atoms with E-state index in [1.807, 2.05) is 72.8 Å². The number of hydrogen-bond donors (Lipinski definition) is 1. The molecule has 2 aromatic heterocycles. The molecule has 10 nitrogen and oxygen atoms in total. The number of aryl methyl sites for hydroxylation is 1. The molecule has 11 heteroatoms. The summed E-state index contributed by atoms with van der Waals surface area (Å²) in [6.07, 6.45) is 3.15. The van der Waals surface area contributed by atoms with Crippen LogP contribution in [0.4, 0.5) is 5.88 Å². The molecule has 0 saturated heterocycles. The Kier molecular flexibility index (Phi) is 9.40. The van der Waals surface area contributed by atoms with Crippen molar-refractivity contribution in [1.29, 1.82) is 0 Å². The van der Waals surface area contributed by atoms with Crippen LogP contribution in [0.2, 0.25) is 0 Å². The van der Waals surface area contributed by atoms with Crippen molar-refractivity contribution in [1.82, 2.24) is 15.0 Å². The van der Waals surface area contributed by atoms with Gasteiger partial charge in [0, 0.05) is 35.8 Å². The number of likely N-dealkylation sites (N-methyl/N-ethyl adjacent to an activating group) is 1. The van der Waals surface area contributed by atoms with Gasteiger partial charge >= 0.3 is 0 Å². The molecule has 1 N–H and O–H groups in total. The molecule has 0 fully saturated rings. The summed E-state index contributed by atoms with van der Waals surface area (Å²) in [5.41, 5.74) is 5.44. The quantitative estimate of drug-likeness (QED) is 0.146. The minimum atomic E-state index is -4.10. The first-order valence-electron chi connectivity index (χ1n) is 15.3. The Morgan fingerprint density at radius 3 is 2.40 bits per heavy atom. The summed E-state index contributed by atoms with van der Waals surface area (Å²) in [6.45, 7) is 4.03. The lowest BCUT2D eigenvalue weighted by Gasteiger charge is -2.22. The van der Waals surface area contributed by atoms with E-state index in [9.17, 15) is 13.2 Å². The number of para-hydroxylation sites is 1. The third kappa shape index (κ3) is 7.16. The first-order chi connectivity index (χ1) is 23.2. The Morgan fingerprint density at radius 1 is 0.896 bits per heavy atom. The SMILES string of the molecule is Cc1noc(NS(=O)(=O)c2ccccc2-c2ccc(-c3ncco3)cc2CN(C)C(=O)Cc2ccccc2OCc2ccccc2)c1C. The third-order valence-corrected chi connectivity index (χ3v) is 9.41. The summed E-state index contributed by atoms with van der Waals surface area (Å²) in [5.74, 6) is 0.954. The van der Waals surface area contributed by atoms with Crippen LogP contribution < -0.4 is 9.46 Å². The highest BCUT2D eigenvalue weighted by atomic mass is 32.2. The van der Waals surface area contributed by atoms with Gasteiger partial charge in [0.05, 0.1) is 23.2 Å². The molecule has 244 valence electrons. The molecule has 2 heterocycles. The lowest BCUT2D eigenvalue weighted by atomic mass is 9.96. The molecule has 0 aliphatic rings. The number of aromatic nitrogens is 2. The normalized spacial score (nSPS) is 11.3. The highest BCUT2D eigenvalue weighted by molar-refractivity contribution is 7.92. The van der Waals surface area contributed by atoms with E-state index < -0.39 is 10.0 Å². The van der Waals surface area contributed by atoms with Crippen LogP contribution in [0.25, 0.3) is 22.6 Å². The number of sulfonamides is 1. The zero-order valence-electron chi connectivity index (χ0n) is 26.7. The topological polar surface area (TPSA) is 128 Å². The predicted octanol–water partition coefficient (Wildman–Crippen LogP) is 7.19. The van der Waals surface area contributed by atoms with E-state index in [1.54, 1.807) is 50.2 Å². The molecule has 0 radical (unpaired) electrons. The zero-order valence-corrected chi connectivity index (χ0v) is 27.5. The molecule has 0 unspecified atom stereocenters. The van der Waals surface area contributed by atoms with Gasteiger partial charge in [-0.1, -0.05) is 78.0 Å². The smallest absolute Gasteiger partial charge is 0.264 e. The third-order valence-electron chi connectivity index (χ3n) is 8.02. The van der Waals surface area contributed by atoms with Crippen molar-refractivity contribution < 1.29 is 26.9 Å². The maximum Gasteiger partial charge on any atom is 0.264 e. The van der Waals surface area contributed by atoms with Gasteiger partial charge in [-0.25, -0.2) is 18.1 Å². The van der Waals surface area contributed by atoms with E-state index in [2.05, 4.69) is 14.9 Å². The van der Waals surface area contributed by atoms with Crippen molar-refractivity contribution in [3.8, 4) is 28.3 Å². The number of nitrogens with one attached hydrogen (secondary N) is 1.